The van der Waals surface area contributed by atoms with E-state index in [0.29, 0.717) is 13.0 Å². The summed E-state index contributed by atoms with van der Waals surface area (Å²) in [5.41, 5.74) is -0.653. The first-order valence-corrected chi connectivity index (χ1v) is 5.93. The molecule has 2 rings (SSSR count). The van der Waals surface area contributed by atoms with E-state index in [0.717, 1.165) is 0 Å². The van der Waals surface area contributed by atoms with Crippen molar-refractivity contribution in [2.45, 2.75) is 31.5 Å². The van der Waals surface area contributed by atoms with Crippen LogP contribution in [0, 0.1) is 11.6 Å². The third-order valence-electron chi connectivity index (χ3n) is 3.62. The molecule has 0 radical (unpaired) electrons. The molecule has 1 aliphatic heterocycles. The first-order valence-electron chi connectivity index (χ1n) is 5.93. The van der Waals surface area contributed by atoms with Crippen molar-refractivity contribution in [2.24, 2.45) is 0 Å². The molecule has 1 heterocycles. The summed E-state index contributed by atoms with van der Waals surface area (Å²) < 4.78 is 27.1. The predicted octanol–water partition coefficient (Wildman–Crippen LogP) is 1.28. The van der Waals surface area contributed by atoms with E-state index in [1.54, 1.807) is 11.8 Å². The summed E-state index contributed by atoms with van der Waals surface area (Å²) in [7, 11) is 0. The fourth-order valence-corrected chi connectivity index (χ4v) is 2.47. The molecule has 100 valence electrons. The molecule has 1 aromatic rings. The normalized spacial score (nSPS) is 28.8. The van der Waals surface area contributed by atoms with Crippen molar-refractivity contribution >= 4 is 0 Å². The quantitative estimate of drug-likeness (QED) is 0.857. The molecule has 1 fully saturated rings. The molecule has 1 saturated heterocycles. The van der Waals surface area contributed by atoms with Crippen molar-refractivity contribution in [3.8, 4) is 0 Å². The van der Waals surface area contributed by atoms with Gasteiger partial charge in [0.15, 0.2) is 0 Å². The zero-order valence-corrected chi connectivity index (χ0v) is 10.2. The van der Waals surface area contributed by atoms with Crippen molar-refractivity contribution in [1.82, 2.24) is 4.90 Å². The first-order chi connectivity index (χ1) is 8.46. The van der Waals surface area contributed by atoms with Crippen LogP contribution >= 0.6 is 0 Å². The highest BCUT2D eigenvalue weighted by Gasteiger charge is 2.41. The number of likely N-dealkylation sites (tertiary alicyclic amines) is 1. The molecule has 0 unspecified atom stereocenters. The van der Waals surface area contributed by atoms with Gasteiger partial charge in [0.1, 0.15) is 11.6 Å². The summed E-state index contributed by atoms with van der Waals surface area (Å²) in [6, 6.07) is 3.74. The van der Waals surface area contributed by atoms with E-state index in [9.17, 15) is 19.0 Å². The van der Waals surface area contributed by atoms with Gasteiger partial charge >= 0.3 is 0 Å². The van der Waals surface area contributed by atoms with Crippen molar-refractivity contribution in [3.05, 3.63) is 35.4 Å². The minimum absolute atomic E-state index is 0.0220. The van der Waals surface area contributed by atoms with E-state index in [4.69, 9.17) is 0 Å². The van der Waals surface area contributed by atoms with Crippen molar-refractivity contribution in [3.63, 3.8) is 0 Å². The predicted molar refractivity (Wildman–Crippen MR) is 62.9 cm³/mol. The maximum Gasteiger partial charge on any atom is 0.130 e. The second kappa shape index (κ2) is 4.91. The number of aliphatic hydroxyl groups excluding tert-OH is 2. The van der Waals surface area contributed by atoms with Gasteiger partial charge in [0, 0.05) is 24.2 Å². The highest BCUT2D eigenvalue weighted by Crippen LogP contribution is 2.31. The van der Waals surface area contributed by atoms with Crippen molar-refractivity contribution in [2.75, 3.05) is 13.2 Å². The molecule has 0 amide bonds. The SMILES string of the molecule is C[C@]1(CO)C[C@@H](O)CN1Cc1c(F)cccc1F. The Morgan fingerprint density at radius 1 is 1.39 bits per heavy atom. The number of benzene rings is 1. The molecule has 18 heavy (non-hydrogen) atoms. The minimum Gasteiger partial charge on any atom is -0.394 e. The number of hydrogen-bond donors (Lipinski definition) is 2. The number of halogens is 2. The first kappa shape index (κ1) is 13.4. The Hall–Kier alpha value is -1.04. The molecular weight excluding hydrogens is 240 g/mol. The highest BCUT2D eigenvalue weighted by atomic mass is 19.1. The van der Waals surface area contributed by atoms with Crippen LogP contribution in [0.4, 0.5) is 8.78 Å². The van der Waals surface area contributed by atoms with Crippen LogP contribution in [-0.4, -0.2) is 39.9 Å². The molecular formula is C13H17F2NO2. The van der Waals surface area contributed by atoms with E-state index in [2.05, 4.69) is 0 Å². The van der Waals surface area contributed by atoms with E-state index in [-0.39, 0.29) is 18.7 Å². The minimum atomic E-state index is -0.631. The Labute approximate surface area is 105 Å². The van der Waals surface area contributed by atoms with Crippen LogP contribution in [0.1, 0.15) is 18.9 Å². The number of nitrogens with zero attached hydrogens (tertiary/aromatic N) is 1. The lowest BCUT2D eigenvalue weighted by Crippen LogP contribution is -2.43. The zero-order valence-electron chi connectivity index (χ0n) is 10.2. The van der Waals surface area contributed by atoms with Crippen LogP contribution in [0.15, 0.2) is 18.2 Å². The molecule has 5 heteroatoms. The smallest absolute Gasteiger partial charge is 0.130 e. The molecule has 3 nitrogen and oxygen atoms in total. The lowest BCUT2D eigenvalue weighted by molar-refractivity contribution is 0.0716. The van der Waals surface area contributed by atoms with Crippen LogP contribution in [-0.2, 0) is 6.54 Å². The molecule has 0 bridgehead atoms. The van der Waals surface area contributed by atoms with E-state index in [1.807, 2.05) is 0 Å². The van der Waals surface area contributed by atoms with Crippen LogP contribution in [0.3, 0.4) is 0 Å². The summed E-state index contributed by atoms with van der Waals surface area (Å²) in [6.07, 6.45) is -0.170. The lowest BCUT2D eigenvalue weighted by atomic mass is 9.99. The summed E-state index contributed by atoms with van der Waals surface area (Å²) in [5.74, 6) is -1.20. The Morgan fingerprint density at radius 2 is 2.00 bits per heavy atom. The van der Waals surface area contributed by atoms with E-state index >= 15 is 0 Å². The fraction of sp³-hybridized carbons (Fsp3) is 0.538. The van der Waals surface area contributed by atoms with Gasteiger partial charge in [0.25, 0.3) is 0 Å². The summed E-state index contributed by atoms with van der Waals surface area (Å²) >= 11 is 0. The van der Waals surface area contributed by atoms with Crippen molar-refractivity contribution < 1.29 is 19.0 Å². The zero-order chi connectivity index (χ0) is 13.3. The molecule has 1 aliphatic rings. The third-order valence-corrected chi connectivity index (χ3v) is 3.62. The van der Waals surface area contributed by atoms with Gasteiger partial charge in [-0.3, -0.25) is 4.90 Å². The van der Waals surface area contributed by atoms with E-state index < -0.39 is 23.3 Å². The number of aliphatic hydroxyl groups is 2. The van der Waals surface area contributed by atoms with Gasteiger partial charge in [0.2, 0.25) is 0 Å². The van der Waals surface area contributed by atoms with Gasteiger partial charge in [-0.15, -0.1) is 0 Å². The Bertz CT molecular complexity index is 421. The average Bonchev–Trinajstić information content (AvgIpc) is 2.60. The molecule has 2 N–H and O–H groups in total. The van der Waals surface area contributed by atoms with Gasteiger partial charge in [0.05, 0.1) is 12.7 Å². The highest BCUT2D eigenvalue weighted by molar-refractivity contribution is 5.20. The van der Waals surface area contributed by atoms with Crippen LogP contribution in [0.25, 0.3) is 0 Å². The monoisotopic (exact) mass is 257 g/mol. The number of β-amino-alcohol motifs (C(OH)–C–C–N with tert-alkyl or cyclic N) is 1. The Morgan fingerprint density at radius 3 is 2.56 bits per heavy atom. The van der Waals surface area contributed by atoms with Gasteiger partial charge in [-0.05, 0) is 25.5 Å². The maximum absolute atomic E-state index is 13.6. The van der Waals surface area contributed by atoms with E-state index in [1.165, 1.54) is 18.2 Å². The summed E-state index contributed by atoms with van der Waals surface area (Å²) in [6.45, 7) is 1.99. The second-order valence-electron chi connectivity index (χ2n) is 5.09. The van der Waals surface area contributed by atoms with Crippen molar-refractivity contribution in [1.29, 1.82) is 0 Å². The van der Waals surface area contributed by atoms with Crippen LogP contribution in [0.2, 0.25) is 0 Å². The standard InChI is InChI=1S/C13H17F2NO2/c1-13(8-17)5-9(18)6-16(13)7-10-11(14)3-2-4-12(10)15/h2-4,9,17-18H,5-8H2,1H3/t9-,13-/m1/s1. The maximum atomic E-state index is 13.6. The average molecular weight is 257 g/mol. The number of hydrogen-bond acceptors (Lipinski definition) is 3. The molecule has 0 saturated carbocycles. The van der Waals surface area contributed by atoms with Gasteiger partial charge < -0.3 is 10.2 Å². The third kappa shape index (κ3) is 2.39. The largest absolute Gasteiger partial charge is 0.394 e. The van der Waals surface area contributed by atoms with Crippen LogP contribution < -0.4 is 0 Å². The van der Waals surface area contributed by atoms with Crippen LogP contribution in [0.5, 0.6) is 0 Å². The molecule has 0 spiro atoms. The molecule has 0 aromatic heterocycles. The number of rotatable bonds is 3. The lowest BCUT2D eigenvalue weighted by Gasteiger charge is -2.33. The Kier molecular flexibility index (Phi) is 3.66. The molecule has 0 aliphatic carbocycles. The van der Waals surface area contributed by atoms with Gasteiger partial charge in [-0.2, -0.15) is 0 Å². The molecule has 1 aromatic carbocycles. The summed E-state index contributed by atoms with van der Waals surface area (Å²) in [4.78, 5) is 1.72. The fourth-order valence-electron chi connectivity index (χ4n) is 2.47. The molecule has 2 atom stereocenters. The second-order valence-corrected chi connectivity index (χ2v) is 5.09. The Balaban J connectivity index is 2.23. The van der Waals surface area contributed by atoms with Gasteiger partial charge in [-0.1, -0.05) is 6.07 Å². The summed E-state index contributed by atoms with van der Waals surface area (Å²) in [5, 5.41) is 19.0. The topological polar surface area (TPSA) is 43.7 Å². The van der Waals surface area contributed by atoms with Gasteiger partial charge in [-0.25, -0.2) is 8.78 Å².